The Morgan fingerprint density at radius 1 is 1.09 bits per heavy atom. The van der Waals surface area contributed by atoms with Gasteiger partial charge in [-0.15, -0.1) is 5.10 Å². The van der Waals surface area contributed by atoms with Crippen LogP contribution in [0.5, 0.6) is 5.75 Å². The second-order valence-corrected chi connectivity index (χ2v) is 8.80. The highest BCUT2D eigenvalue weighted by Gasteiger charge is 2.28. The zero-order valence-electron chi connectivity index (χ0n) is 19.2. The standard InChI is InChI=1S/C24H22N6O4S/c1-15-9-11-18(19(13-15)30(32)33)25-23(31)22(17-7-5-4-6-8-17)35-24-26-27-28-29(24)20-14-16(2)10-12-21(20)34-3/h4-14,22H,1-3H3,(H,25,31)/t22-/m0/s1. The molecule has 0 aliphatic heterocycles. The number of anilines is 1. The van der Waals surface area contributed by atoms with Crippen LogP contribution in [-0.2, 0) is 4.79 Å². The van der Waals surface area contributed by atoms with Crippen LogP contribution in [0.3, 0.4) is 0 Å². The van der Waals surface area contributed by atoms with Gasteiger partial charge in [0.15, 0.2) is 0 Å². The van der Waals surface area contributed by atoms with Crippen LogP contribution in [0.2, 0.25) is 0 Å². The monoisotopic (exact) mass is 490 g/mol. The van der Waals surface area contributed by atoms with Gasteiger partial charge in [0.25, 0.3) is 5.69 Å². The minimum Gasteiger partial charge on any atom is -0.494 e. The van der Waals surface area contributed by atoms with Crippen LogP contribution < -0.4 is 10.1 Å². The quantitative estimate of drug-likeness (QED) is 0.215. The van der Waals surface area contributed by atoms with Crippen molar-refractivity contribution in [3.05, 3.63) is 93.5 Å². The molecule has 0 aliphatic carbocycles. The number of ether oxygens (including phenoxy) is 1. The van der Waals surface area contributed by atoms with Crippen molar-refractivity contribution in [2.24, 2.45) is 0 Å². The van der Waals surface area contributed by atoms with Crippen LogP contribution in [0.1, 0.15) is 21.9 Å². The van der Waals surface area contributed by atoms with Crippen molar-refractivity contribution in [3.8, 4) is 11.4 Å². The van der Waals surface area contributed by atoms with E-state index in [-0.39, 0.29) is 11.4 Å². The molecule has 0 spiro atoms. The maximum atomic E-state index is 13.5. The smallest absolute Gasteiger partial charge is 0.293 e. The lowest BCUT2D eigenvalue weighted by atomic mass is 10.1. The first-order valence-electron chi connectivity index (χ1n) is 10.6. The van der Waals surface area contributed by atoms with Gasteiger partial charge in [0.05, 0.1) is 12.0 Å². The lowest BCUT2D eigenvalue weighted by molar-refractivity contribution is -0.384. The maximum absolute atomic E-state index is 13.5. The number of aryl methyl sites for hydroxylation is 2. The number of nitro benzene ring substituents is 1. The number of hydrogen-bond donors (Lipinski definition) is 1. The molecule has 1 atom stereocenters. The van der Waals surface area contributed by atoms with Gasteiger partial charge in [-0.2, -0.15) is 4.68 Å². The van der Waals surface area contributed by atoms with Gasteiger partial charge >= 0.3 is 0 Å². The number of rotatable bonds is 8. The molecule has 0 saturated carbocycles. The molecule has 0 fully saturated rings. The minimum absolute atomic E-state index is 0.118. The fourth-order valence-electron chi connectivity index (χ4n) is 3.47. The number of carbonyl (C=O) groups excluding carboxylic acids is 1. The van der Waals surface area contributed by atoms with E-state index in [0.717, 1.165) is 22.9 Å². The molecule has 3 aromatic carbocycles. The molecular formula is C24H22N6O4S. The van der Waals surface area contributed by atoms with Gasteiger partial charge < -0.3 is 10.1 Å². The Morgan fingerprint density at radius 3 is 2.51 bits per heavy atom. The summed E-state index contributed by atoms with van der Waals surface area (Å²) in [5, 5.41) is 25.9. The molecule has 0 saturated heterocycles. The number of carbonyl (C=O) groups is 1. The third-order valence-corrected chi connectivity index (χ3v) is 6.36. The Morgan fingerprint density at radius 2 is 1.80 bits per heavy atom. The summed E-state index contributed by atoms with van der Waals surface area (Å²) < 4.78 is 6.98. The second-order valence-electron chi connectivity index (χ2n) is 7.72. The lowest BCUT2D eigenvalue weighted by Gasteiger charge is -2.17. The van der Waals surface area contributed by atoms with E-state index in [0.29, 0.717) is 22.2 Å². The summed E-state index contributed by atoms with van der Waals surface area (Å²) in [6, 6.07) is 19.4. The van der Waals surface area contributed by atoms with E-state index in [1.807, 2.05) is 55.5 Å². The van der Waals surface area contributed by atoms with Gasteiger partial charge in [0.2, 0.25) is 11.1 Å². The SMILES string of the molecule is COc1ccc(C)cc1-n1nnnc1S[C@H](C(=O)Nc1ccc(C)cc1[N+](=O)[O-])c1ccccc1. The molecule has 0 bridgehead atoms. The van der Waals surface area contributed by atoms with E-state index < -0.39 is 16.1 Å². The van der Waals surface area contributed by atoms with Crippen LogP contribution in [-0.4, -0.2) is 38.1 Å². The number of benzene rings is 3. The summed E-state index contributed by atoms with van der Waals surface area (Å²) >= 11 is 1.13. The van der Waals surface area contributed by atoms with Crippen LogP contribution in [0, 0.1) is 24.0 Å². The van der Waals surface area contributed by atoms with Crippen LogP contribution in [0.15, 0.2) is 71.9 Å². The lowest BCUT2D eigenvalue weighted by Crippen LogP contribution is -2.20. The first kappa shape index (κ1) is 23.9. The summed E-state index contributed by atoms with van der Waals surface area (Å²) in [5.74, 6) is 0.125. The number of nitrogens with one attached hydrogen (secondary N) is 1. The summed E-state index contributed by atoms with van der Waals surface area (Å²) in [5.41, 5.74) is 2.96. The average molecular weight is 491 g/mol. The molecule has 1 heterocycles. The van der Waals surface area contributed by atoms with Crippen molar-refractivity contribution in [1.29, 1.82) is 0 Å². The number of methoxy groups -OCH3 is 1. The van der Waals surface area contributed by atoms with E-state index in [4.69, 9.17) is 4.74 Å². The second kappa shape index (κ2) is 10.3. The number of aromatic nitrogens is 4. The zero-order chi connectivity index (χ0) is 24.9. The van der Waals surface area contributed by atoms with Crippen LogP contribution >= 0.6 is 11.8 Å². The van der Waals surface area contributed by atoms with Gasteiger partial charge in [0.1, 0.15) is 22.4 Å². The van der Waals surface area contributed by atoms with E-state index in [1.54, 1.807) is 20.1 Å². The van der Waals surface area contributed by atoms with Crippen molar-refractivity contribution in [1.82, 2.24) is 20.2 Å². The normalized spacial score (nSPS) is 11.6. The van der Waals surface area contributed by atoms with E-state index in [9.17, 15) is 14.9 Å². The maximum Gasteiger partial charge on any atom is 0.293 e. The van der Waals surface area contributed by atoms with Gasteiger partial charge in [-0.25, -0.2) is 0 Å². The number of nitrogens with zero attached hydrogens (tertiary/aromatic N) is 5. The van der Waals surface area contributed by atoms with Crippen LogP contribution in [0.4, 0.5) is 11.4 Å². The third kappa shape index (κ3) is 5.30. The van der Waals surface area contributed by atoms with Crippen molar-refractivity contribution >= 4 is 29.0 Å². The summed E-state index contributed by atoms with van der Waals surface area (Å²) in [6.07, 6.45) is 0. The first-order chi connectivity index (χ1) is 16.9. The van der Waals surface area contributed by atoms with Gasteiger partial charge in [-0.3, -0.25) is 14.9 Å². The number of tetrazole rings is 1. The fraction of sp³-hybridized carbons (Fsp3) is 0.167. The number of nitro groups is 1. The largest absolute Gasteiger partial charge is 0.494 e. The Kier molecular flexibility index (Phi) is 7.06. The number of amides is 1. The minimum atomic E-state index is -0.794. The van der Waals surface area contributed by atoms with Crippen LogP contribution in [0.25, 0.3) is 5.69 Å². The summed E-state index contributed by atoms with van der Waals surface area (Å²) in [7, 11) is 1.56. The molecule has 4 rings (SSSR count). The fourth-order valence-corrected chi connectivity index (χ4v) is 4.46. The van der Waals surface area contributed by atoms with E-state index in [2.05, 4.69) is 20.8 Å². The van der Waals surface area contributed by atoms with Crippen molar-refractivity contribution in [2.45, 2.75) is 24.3 Å². The topological polar surface area (TPSA) is 125 Å². The third-order valence-electron chi connectivity index (χ3n) is 5.17. The van der Waals surface area contributed by atoms with Gasteiger partial charge in [0, 0.05) is 6.07 Å². The molecule has 35 heavy (non-hydrogen) atoms. The molecular weight excluding hydrogens is 468 g/mol. The highest BCUT2D eigenvalue weighted by atomic mass is 32.2. The number of hydrogen-bond acceptors (Lipinski definition) is 8. The first-order valence-corrected chi connectivity index (χ1v) is 11.5. The molecule has 11 heteroatoms. The zero-order valence-corrected chi connectivity index (χ0v) is 20.0. The molecule has 0 unspecified atom stereocenters. The van der Waals surface area contributed by atoms with Crippen molar-refractivity contribution in [3.63, 3.8) is 0 Å². The highest BCUT2D eigenvalue weighted by Crippen LogP contribution is 2.38. The molecule has 4 aromatic rings. The summed E-state index contributed by atoms with van der Waals surface area (Å²) in [4.78, 5) is 24.5. The molecule has 1 amide bonds. The molecule has 0 aliphatic rings. The molecule has 10 nitrogen and oxygen atoms in total. The Bertz CT molecular complexity index is 1380. The Hall–Kier alpha value is -4.25. The predicted molar refractivity (Wildman–Crippen MR) is 132 cm³/mol. The molecule has 1 aromatic heterocycles. The summed E-state index contributed by atoms with van der Waals surface area (Å²) in [6.45, 7) is 3.69. The highest BCUT2D eigenvalue weighted by molar-refractivity contribution is 8.00. The Balaban J connectivity index is 1.71. The molecule has 178 valence electrons. The van der Waals surface area contributed by atoms with E-state index in [1.165, 1.54) is 16.8 Å². The van der Waals surface area contributed by atoms with Gasteiger partial charge in [-0.05, 0) is 59.2 Å². The number of thioether (sulfide) groups is 1. The van der Waals surface area contributed by atoms with E-state index >= 15 is 0 Å². The average Bonchev–Trinajstić information content (AvgIpc) is 3.32. The van der Waals surface area contributed by atoms with Crippen molar-refractivity contribution in [2.75, 3.05) is 12.4 Å². The van der Waals surface area contributed by atoms with Crippen molar-refractivity contribution < 1.29 is 14.5 Å². The predicted octanol–water partition coefficient (Wildman–Crippen LogP) is 4.67. The Labute approximate surface area is 205 Å². The molecule has 1 N–H and O–H groups in total. The van der Waals surface area contributed by atoms with Gasteiger partial charge in [-0.1, -0.05) is 54.2 Å². The molecule has 0 radical (unpaired) electrons.